The Kier molecular flexibility index (Phi) is 4.72. The number of hydrogen-bond donors (Lipinski definition) is 1. The Bertz CT molecular complexity index is 1050. The van der Waals surface area contributed by atoms with Gasteiger partial charge in [0.25, 0.3) is 11.8 Å². The molecule has 2 amide bonds. The van der Waals surface area contributed by atoms with Crippen LogP contribution < -0.4 is 10.2 Å². The molecule has 1 aliphatic rings. The second-order valence-corrected chi connectivity index (χ2v) is 7.50. The molecule has 0 bridgehead atoms. The molecular weight excluding hydrogens is 428 g/mol. The molecule has 0 spiro atoms. The third-order valence-electron chi connectivity index (χ3n) is 4.44. The molecule has 3 aromatic carbocycles. The minimum Gasteiger partial charge on any atom is -0.321 e. The van der Waals surface area contributed by atoms with Gasteiger partial charge in [-0.2, -0.15) is 0 Å². The lowest BCUT2D eigenvalue weighted by Gasteiger charge is -2.17. The third kappa shape index (κ3) is 3.48. The van der Waals surface area contributed by atoms with Crippen molar-refractivity contribution in [3.63, 3.8) is 0 Å². The first-order chi connectivity index (χ1) is 13.0. The van der Waals surface area contributed by atoms with Gasteiger partial charge in [-0.05, 0) is 54.1 Å². The maximum atomic E-state index is 12.6. The molecule has 0 saturated carbocycles. The van der Waals surface area contributed by atoms with Gasteiger partial charge in [0.1, 0.15) is 0 Å². The summed E-state index contributed by atoms with van der Waals surface area (Å²) in [6, 6.07) is 19.8. The summed E-state index contributed by atoms with van der Waals surface area (Å²) in [4.78, 5) is 26.6. The maximum Gasteiger partial charge on any atom is 0.258 e. The Morgan fingerprint density at radius 1 is 1.04 bits per heavy atom. The van der Waals surface area contributed by atoms with Gasteiger partial charge in [0.15, 0.2) is 0 Å². The lowest BCUT2D eigenvalue weighted by atomic mass is 10.1. The fourth-order valence-electron chi connectivity index (χ4n) is 3.03. The first kappa shape index (κ1) is 17.8. The van der Waals surface area contributed by atoms with Gasteiger partial charge in [0.05, 0.1) is 17.3 Å². The largest absolute Gasteiger partial charge is 0.321 e. The van der Waals surface area contributed by atoms with Crippen LogP contribution in [0.25, 0.3) is 0 Å². The standard InChI is InChI=1S/C21H14BrClN2O2/c22-15-7-5-13(6-8-15)20(26)24-19-10-9-16(11-18(19)23)25-12-14-3-1-2-4-17(14)21(25)27/h1-11H,12H2,(H,24,26). The van der Waals surface area contributed by atoms with Crippen molar-refractivity contribution in [3.8, 4) is 0 Å². The number of rotatable bonds is 3. The molecule has 1 heterocycles. The molecule has 4 rings (SSSR count). The van der Waals surface area contributed by atoms with Gasteiger partial charge in [-0.3, -0.25) is 9.59 Å². The van der Waals surface area contributed by atoms with E-state index in [0.29, 0.717) is 34.1 Å². The number of benzene rings is 3. The molecular formula is C21H14BrClN2O2. The molecule has 4 nitrogen and oxygen atoms in total. The van der Waals surface area contributed by atoms with Crippen LogP contribution in [0, 0.1) is 0 Å². The average molecular weight is 442 g/mol. The first-order valence-corrected chi connectivity index (χ1v) is 9.46. The van der Waals surface area contributed by atoms with E-state index in [1.54, 1.807) is 47.4 Å². The van der Waals surface area contributed by atoms with E-state index in [2.05, 4.69) is 21.2 Å². The number of nitrogens with one attached hydrogen (secondary N) is 1. The number of anilines is 2. The molecule has 1 aliphatic heterocycles. The molecule has 0 radical (unpaired) electrons. The maximum absolute atomic E-state index is 12.6. The van der Waals surface area contributed by atoms with Crippen LogP contribution in [0.2, 0.25) is 5.02 Å². The van der Waals surface area contributed by atoms with Crippen LogP contribution in [0.3, 0.4) is 0 Å². The monoisotopic (exact) mass is 440 g/mol. The van der Waals surface area contributed by atoms with E-state index in [-0.39, 0.29) is 11.8 Å². The Morgan fingerprint density at radius 3 is 2.48 bits per heavy atom. The van der Waals surface area contributed by atoms with E-state index in [0.717, 1.165) is 10.0 Å². The summed E-state index contributed by atoms with van der Waals surface area (Å²) >= 11 is 9.71. The highest BCUT2D eigenvalue weighted by Crippen LogP contribution is 2.33. The van der Waals surface area contributed by atoms with Crippen LogP contribution in [0.4, 0.5) is 11.4 Å². The summed E-state index contributed by atoms with van der Waals surface area (Å²) in [7, 11) is 0. The fourth-order valence-corrected chi connectivity index (χ4v) is 3.52. The summed E-state index contributed by atoms with van der Waals surface area (Å²) in [5.41, 5.74) is 3.43. The Balaban J connectivity index is 1.54. The summed E-state index contributed by atoms with van der Waals surface area (Å²) in [5, 5.41) is 3.18. The van der Waals surface area contributed by atoms with Crippen LogP contribution in [0.1, 0.15) is 26.3 Å². The fraction of sp³-hybridized carbons (Fsp3) is 0.0476. The highest BCUT2D eigenvalue weighted by atomic mass is 79.9. The van der Waals surface area contributed by atoms with Crippen molar-refractivity contribution in [2.75, 3.05) is 10.2 Å². The van der Waals surface area contributed by atoms with Gasteiger partial charge in [-0.25, -0.2) is 0 Å². The molecule has 0 saturated heterocycles. The predicted octanol–water partition coefficient (Wildman–Crippen LogP) is 5.52. The topological polar surface area (TPSA) is 49.4 Å². The summed E-state index contributed by atoms with van der Waals surface area (Å²) in [5.74, 6) is -0.296. The van der Waals surface area contributed by atoms with Gasteiger partial charge >= 0.3 is 0 Å². The van der Waals surface area contributed by atoms with Crippen LogP contribution in [0.5, 0.6) is 0 Å². The smallest absolute Gasteiger partial charge is 0.258 e. The van der Waals surface area contributed by atoms with Gasteiger partial charge < -0.3 is 10.2 Å². The summed E-state index contributed by atoms with van der Waals surface area (Å²) in [6.07, 6.45) is 0. The Hall–Kier alpha value is -2.63. The van der Waals surface area contributed by atoms with E-state index in [1.807, 2.05) is 24.3 Å². The van der Waals surface area contributed by atoms with E-state index >= 15 is 0 Å². The minimum absolute atomic E-state index is 0.0479. The lowest BCUT2D eigenvalue weighted by molar-refractivity contribution is 0.0994. The molecule has 0 aliphatic carbocycles. The molecule has 3 aromatic rings. The zero-order valence-electron chi connectivity index (χ0n) is 14.1. The number of amides is 2. The molecule has 0 aromatic heterocycles. The zero-order valence-corrected chi connectivity index (χ0v) is 16.4. The van der Waals surface area contributed by atoms with Crippen molar-refractivity contribution in [3.05, 3.63) is 92.9 Å². The number of fused-ring (bicyclic) bond motifs is 1. The van der Waals surface area contributed by atoms with E-state index in [4.69, 9.17) is 11.6 Å². The van der Waals surface area contributed by atoms with Crippen molar-refractivity contribution in [1.29, 1.82) is 0 Å². The molecule has 6 heteroatoms. The number of hydrogen-bond acceptors (Lipinski definition) is 2. The molecule has 0 unspecified atom stereocenters. The molecule has 1 N–H and O–H groups in total. The Labute approximate surface area is 169 Å². The van der Waals surface area contributed by atoms with Crippen LogP contribution in [-0.4, -0.2) is 11.8 Å². The molecule has 0 fully saturated rings. The average Bonchev–Trinajstić information content (AvgIpc) is 3.01. The van der Waals surface area contributed by atoms with E-state index < -0.39 is 0 Å². The van der Waals surface area contributed by atoms with Crippen molar-refractivity contribution < 1.29 is 9.59 Å². The minimum atomic E-state index is -0.248. The third-order valence-corrected chi connectivity index (χ3v) is 5.28. The normalized spacial score (nSPS) is 12.8. The van der Waals surface area contributed by atoms with Crippen molar-refractivity contribution >= 4 is 50.7 Å². The summed E-state index contributed by atoms with van der Waals surface area (Å²) in [6.45, 7) is 0.510. The first-order valence-electron chi connectivity index (χ1n) is 8.29. The SMILES string of the molecule is O=C(Nc1ccc(N2Cc3ccccc3C2=O)cc1Cl)c1ccc(Br)cc1. The van der Waals surface area contributed by atoms with E-state index in [1.165, 1.54) is 0 Å². The highest BCUT2D eigenvalue weighted by molar-refractivity contribution is 9.10. The van der Waals surface area contributed by atoms with Crippen molar-refractivity contribution in [2.45, 2.75) is 6.54 Å². The quantitative estimate of drug-likeness (QED) is 0.582. The van der Waals surface area contributed by atoms with E-state index in [9.17, 15) is 9.59 Å². The zero-order chi connectivity index (χ0) is 19.0. The second kappa shape index (κ2) is 7.18. The van der Waals surface area contributed by atoms with Gasteiger partial charge in [0.2, 0.25) is 0 Å². The van der Waals surface area contributed by atoms with Crippen LogP contribution in [0.15, 0.2) is 71.2 Å². The van der Waals surface area contributed by atoms with Gasteiger partial charge in [0, 0.05) is 21.3 Å². The van der Waals surface area contributed by atoms with Crippen LogP contribution in [-0.2, 0) is 6.54 Å². The van der Waals surface area contributed by atoms with Gasteiger partial charge in [-0.1, -0.05) is 45.7 Å². The summed E-state index contributed by atoms with van der Waals surface area (Å²) < 4.78 is 0.901. The predicted molar refractivity (Wildman–Crippen MR) is 111 cm³/mol. The molecule has 0 atom stereocenters. The number of carbonyl (C=O) groups excluding carboxylic acids is 2. The lowest BCUT2D eigenvalue weighted by Crippen LogP contribution is -2.23. The van der Waals surface area contributed by atoms with Crippen molar-refractivity contribution in [2.24, 2.45) is 0 Å². The van der Waals surface area contributed by atoms with Crippen LogP contribution >= 0.6 is 27.5 Å². The molecule has 27 heavy (non-hydrogen) atoms. The van der Waals surface area contributed by atoms with Crippen molar-refractivity contribution in [1.82, 2.24) is 0 Å². The second-order valence-electron chi connectivity index (χ2n) is 6.17. The molecule has 134 valence electrons. The number of halogens is 2. The number of nitrogens with zero attached hydrogens (tertiary/aromatic N) is 1. The highest BCUT2D eigenvalue weighted by Gasteiger charge is 2.28. The Morgan fingerprint density at radius 2 is 1.78 bits per heavy atom. The van der Waals surface area contributed by atoms with Gasteiger partial charge in [-0.15, -0.1) is 0 Å². The number of carbonyl (C=O) groups is 2.